The molecule has 0 bridgehead atoms. The number of thiophene rings is 1. The lowest BCUT2D eigenvalue weighted by molar-refractivity contribution is 0.106. The van der Waals surface area contributed by atoms with Gasteiger partial charge in [0.2, 0.25) is 0 Å². The lowest BCUT2D eigenvalue weighted by Gasteiger charge is -2.07. The molecular weight excluding hydrogens is 258 g/mol. The van der Waals surface area contributed by atoms with Gasteiger partial charge in [0.25, 0.3) is 0 Å². The summed E-state index contributed by atoms with van der Waals surface area (Å²) in [5.74, 6) is 2.47. The van der Waals surface area contributed by atoms with E-state index in [4.69, 9.17) is 4.74 Å². The first-order chi connectivity index (χ1) is 9.19. The molecule has 5 heteroatoms. The normalized spacial score (nSPS) is 15.1. The lowest BCUT2D eigenvalue weighted by atomic mass is 10.2. The molecule has 0 aromatic carbocycles. The van der Waals surface area contributed by atoms with Crippen LogP contribution in [-0.2, 0) is 11.3 Å². The van der Waals surface area contributed by atoms with Crippen molar-refractivity contribution in [3.63, 3.8) is 0 Å². The predicted octanol–water partition coefficient (Wildman–Crippen LogP) is 3.28. The van der Waals surface area contributed by atoms with Crippen molar-refractivity contribution in [3.8, 4) is 0 Å². The SMILES string of the molecule is CNc1nc(COCC2CC2)nc2sc(C)c(C)c12. The Labute approximate surface area is 117 Å². The average Bonchev–Trinajstić information content (AvgIpc) is 3.16. The number of hydrogen-bond acceptors (Lipinski definition) is 5. The topological polar surface area (TPSA) is 47.0 Å². The molecule has 1 fully saturated rings. The van der Waals surface area contributed by atoms with Crippen LogP contribution in [0.4, 0.5) is 5.82 Å². The summed E-state index contributed by atoms with van der Waals surface area (Å²) >= 11 is 1.73. The molecule has 19 heavy (non-hydrogen) atoms. The highest BCUT2D eigenvalue weighted by molar-refractivity contribution is 7.18. The highest BCUT2D eigenvalue weighted by atomic mass is 32.1. The maximum Gasteiger partial charge on any atom is 0.158 e. The van der Waals surface area contributed by atoms with E-state index in [0.717, 1.165) is 34.4 Å². The molecule has 2 aromatic rings. The molecule has 0 radical (unpaired) electrons. The first kappa shape index (κ1) is 12.8. The predicted molar refractivity (Wildman–Crippen MR) is 78.8 cm³/mol. The van der Waals surface area contributed by atoms with E-state index in [0.29, 0.717) is 6.61 Å². The van der Waals surface area contributed by atoms with E-state index in [2.05, 4.69) is 29.1 Å². The van der Waals surface area contributed by atoms with Crippen LogP contribution in [0.3, 0.4) is 0 Å². The molecule has 0 saturated heterocycles. The second-order valence-electron chi connectivity index (χ2n) is 5.16. The third-order valence-electron chi connectivity index (χ3n) is 3.59. The van der Waals surface area contributed by atoms with Crippen molar-refractivity contribution < 1.29 is 4.74 Å². The van der Waals surface area contributed by atoms with Gasteiger partial charge in [0.05, 0.1) is 5.39 Å². The molecule has 1 aliphatic carbocycles. The smallest absolute Gasteiger partial charge is 0.158 e. The monoisotopic (exact) mass is 277 g/mol. The summed E-state index contributed by atoms with van der Waals surface area (Å²) in [7, 11) is 1.91. The summed E-state index contributed by atoms with van der Waals surface area (Å²) in [6.45, 7) is 5.61. The number of aryl methyl sites for hydroxylation is 2. The number of nitrogens with one attached hydrogen (secondary N) is 1. The van der Waals surface area contributed by atoms with E-state index in [1.807, 2.05) is 7.05 Å². The third-order valence-corrected chi connectivity index (χ3v) is 4.69. The zero-order valence-electron chi connectivity index (χ0n) is 11.6. The van der Waals surface area contributed by atoms with E-state index < -0.39 is 0 Å². The molecule has 1 aliphatic rings. The van der Waals surface area contributed by atoms with Crippen molar-refractivity contribution in [2.45, 2.75) is 33.3 Å². The Kier molecular flexibility index (Phi) is 3.41. The van der Waals surface area contributed by atoms with E-state index >= 15 is 0 Å². The lowest BCUT2D eigenvalue weighted by Crippen LogP contribution is -2.04. The fourth-order valence-electron chi connectivity index (χ4n) is 2.14. The molecule has 102 valence electrons. The van der Waals surface area contributed by atoms with Gasteiger partial charge in [0.1, 0.15) is 17.3 Å². The Morgan fingerprint density at radius 2 is 2.11 bits per heavy atom. The second kappa shape index (κ2) is 5.06. The van der Waals surface area contributed by atoms with Crippen LogP contribution in [0.25, 0.3) is 10.2 Å². The average molecular weight is 277 g/mol. The molecule has 2 aromatic heterocycles. The number of rotatable bonds is 5. The summed E-state index contributed by atoms with van der Waals surface area (Å²) < 4.78 is 5.68. The fraction of sp³-hybridized carbons (Fsp3) is 0.571. The Hall–Kier alpha value is -1.20. The third kappa shape index (κ3) is 2.58. The van der Waals surface area contributed by atoms with Gasteiger partial charge in [-0.25, -0.2) is 9.97 Å². The highest BCUT2D eigenvalue weighted by Crippen LogP contribution is 2.33. The number of fused-ring (bicyclic) bond motifs is 1. The minimum atomic E-state index is 0.511. The van der Waals surface area contributed by atoms with Crippen LogP contribution in [0.15, 0.2) is 0 Å². The first-order valence-corrected chi connectivity index (χ1v) is 7.52. The number of anilines is 1. The summed E-state index contributed by atoms with van der Waals surface area (Å²) in [6.07, 6.45) is 2.62. The molecule has 4 nitrogen and oxygen atoms in total. The summed E-state index contributed by atoms with van der Waals surface area (Å²) in [4.78, 5) is 11.6. The zero-order chi connectivity index (χ0) is 13.4. The summed E-state index contributed by atoms with van der Waals surface area (Å²) in [5.41, 5.74) is 1.27. The second-order valence-corrected chi connectivity index (χ2v) is 6.36. The molecule has 0 amide bonds. The van der Waals surface area contributed by atoms with Crippen LogP contribution < -0.4 is 5.32 Å². The summed E-state index contributed by atoms with van der Waals surface area (Å²) in [6, 6.07) is 0. The van der Waals surface area contributed by atoms with Gasteiger partial charge >= 0.3 is 0 Å². The van der Waals surface area contributed by atoms with Crippen LogP contribution in [0.5, 0.6) is 0 Å². The number of ether oxygens (including phenoxy) is 1. The number of nitrogens with zero attached hydrogens (tertiary/aromatic N) is 2. The fourth-order valence-corrected chi connectivity index (χ4v) is 3.19. The van der Waals surface area contributed by atoms with Crippen molar-refractivity contribution in [1.29, 1.82) is 0 Å². The van der Waals surface area contributed by atoms with Crippen molar-refractivity contribution in [3.05, 3.63) is 16.3 Å². The van der Waals surface area contributed by atoms with E-state index in [1.165, 1.54) is 23.3 Å². The van der Waals surface area contributed by atoms with E-state index in [9.17, 15) is 0 Å². The Bertz CT molecular complexity index is 604. The van der Waals surface area contributed by atoms with Crippen LogP contribution in [0.2, 0.25) is 0 Å². The molecule has 0 unspecified atom stereocenters. The van der Waals surface area contributed by atoms with E-state index in [-0.39, 0.29) is 0 Å². The van der Waals surface area contributed by atoms with Gasteiger partial charge in [-0.15, -0.1) is 11.3 Å². The van der Waals surface area contributed by atoms with Crippen molar-refractivity contribution in [2.24, 2.45) is 5.92 Å². The van der Waals surface area contributed by atoms with Gasteiger partial charge < -0.3 is 10.1 Å². The maximum atomic E-state index is 5.68. The first-order valence-electron chi connectivity index (χ1n) is 6.71. The largest absolute Gasteiger partial charge is 0.373 e. The van der Waals surface area contributed by atoms with Crippen molar-refractivity contribution in [1.82, 2.24) is 9.97 Å². The minimum Gasteiger partial charge on any atom is -0.373 e. The molecule has 1 N–H and O–H groups in total. The van der Waals surface area contributed by atoms with Gasteiger partial charge in [-0.1, -0.05) is 0 Å². The Balaban J connectivity index is 1.88. The molecule has 0 atom stereocenters. The summed E-state index contributed by atoms with van der Waals surface area (Å²) in [5, 5.41) is 4.33. The van der Waals surface area contributed by atoms with E-state index in [1.54, 1.807) is 11.3 Å². The van der Waals surface area contributed by atoms with Gasteiger partial charge in [0.15, 0.2) is 5.82 Å². The zero-order valence-corrected chi connectivity index (χ0v) is 12.4. The van der Waals surface area contributed by atoms with Crippen LogP contribution in [0, 0.1) is 19.8 Å². The Morgan fingerprint density at radius 3 is 2.79 bits per heavy atom. The van der Waals surface area contributed by atoms with Crippen LogP contribution in [-0.4, -0.2) is 23.6 Å². The minimum absolute atomic E-state index is 0.511. The molecule has 0 aliphatic heterocycles. The molecule has 0 spiro atoms. The molecule has 3 rings (SSSR count). The van der Waals surface area contributed by atoms with Gasteiger partial charge in [-0.05, 0) is 38.2 Å². The molecular formula is C14H19N3OS. The highest BCUT2D eigenvalue weighted by Gasteiger charge is 2.21. The van der Waals surface area contributed by atoms with Gasteiger partial charge in [-0.3, -0.25) is 0 Å². The van der Waals surface area contributed by atoms with Crippen molar-refractivity contribution >= 4 is 27.4 Å². The molecule has 1 saturated carbocycles. The quantitative estimate of drug-likeness (QED) is 0.911. The van der Waals surface area contributed by atoms with Gasteiger partial charge in [-0.2, -0.15) is 0 Å². The Morgan fingerprint density at radius 1 is 1.32 bits per heavy atom. The maximum absolute atomic E-state index is 5.68. The van der Waals surface area contributed by atoms with Gasteiger partial charge in [0, 0.05) is 18.5 Å². The van der Waals surface area contributed by atoms with Crippen molar-refractivity contribution in [2.75, 3.05) is 19.0 Å². The standard InChI is InChI=1S/C14H19N3OS/c1-8-9(2)19-14-12(8)13(15-3)16-11(17-14)7-18-6-10-4-5-10/h10H,4-7H2,1-3H3,(H,15,16,17). The van der Waals surface area contributed by atoms with Crippen LogP contribution >= 0.6 is 11.3 Å². The number of hydrogen-bond donors (Lipinski definition) is 1. The number of aromatic nitrogens is 2. The molecule has 2 heterocycles. The van der Waals surface area contributed by atoms with Crippen LogP contribution in [0.1, 0.15) is 29.1 Å².